The summed E-state index contributed by atoms with van der Waals surface area (Å²) in [7, 11) is 0. The van der Waals surface area contributed by atoms with E-state index in [0.29, 0.717) is 25.2 Å². The van der Waals surface area contributed by atoms with E-state index in [4.69, 9.17) is 0 Å². The number of amides is 3. The van der Waals surface area contributed by atoms with Gasteiger partial charge in [0.25, 0.3) is 0 Å². The second kappa shape index (κ2) is 6.46. The molecule has 1 fully saturated rings. The fourth-order valence-corrected chi connectivity index (χ4v) is 2.60. The van der Waals surface area contributed by atoms with Crippen molar-refractivity contribution in [2.24, 2.45) is 0 Å². The maximum absolute atomic E-state index is 11.8. The van der Waals surface area contributed by atoms with Crippen LogP contribution in [-0.4, -0.2) is 46.4 Å². The van der Waals surface area contributed by atoms with Crippen LogP contribution < -0.4 is 10.6 Å². The number of fused-ring (bicyclic) bond motifs is 1. The Balaban J connectivity index is 1.41. The SMILES string of the molecule is O=C(NCCCN1CCCC1=O)Nc1ccc2nc[nH]c2c1. The molecular weight excluding hydrogens is 282 g/mol. The zero-order chi connectivity index (χ0) is 15.4. The molecule has 1 aliphatic rings. The van der Waals surface area contributed by atoms with Crippen LogP contribution in [0.25, 0.3) is 11.0 Å². The van der Waals surface area contributed by atoms with E-state index in [1.807, 2.05) is 23.1 Å². The molecule has 1 aromatic heterocycles. The monoisotopic (exact) mass is 301 g/mol. The Morgan fingerprint density at radius 3 is 3.14 bits per heavy atom. The second-order valence-electron chi connectivity index (χ2n) is 5.35. The number of imidazole rings is 1. The first-order chi connectivity index (χ1) is 10.7. The van der Waals surface area contributed by atoms with Gasteiger partial charge in [-0.1, -0.05) is 0 Å². The maximum atomic E-state index is 11.8. The first kappa shape index (κ1) is 14.4. The number of aromatic nitrogens is 2. The molecule has 7 heteroatoms. The van der Waals surface area contributed by atoms with Crippen molar-refractivity contribution in [1.82, 2.24) is 20.2 Å². The van der Waals surface area contributed by atoms with Gasteiger partial charge in [-0.2, -0.15) is 0 Å². The maximum Gasteiger partial charge on any atom is 0.319 e. The van der Waals surface area contributed by atoms with Gasteiger partial charge in [0.1, 0.15) is 0 Å². The number of rotatable bonds is 5. The van der Waals surface area contributed by atoms with E-state index < -0.39 is 0 Å². The van der Waals surface area contributed by atoms with Crippen LogP contribution in [-0.2, 0) is 4.79 Å². The van der Waals surface area contributed by atoms with Crippen molar-refractivity contribution in [2.45, 2.75) is 19.3 Å². The standard InChI is InChI=1S/C15H19N5O2/c21-14-3-1-7-20(14)8-2-6-16-15(22)19-11-4-5-12-13(9-11)18-10-17-12/h4-5,9-10H,1-3,6-8H2,(H,17,18)(H2,16,19,22). The Morgan fingerprint density at radius 1 is 1.41 bits per heavy atom. The van der Waals surface area contributed by atoms with Crippen molar-refractivity contribution in [3.8, 4) is 0 Å². The molecule has 3 amide bonds. The third kappa shape index (κ3) is 3.36. The van der Waals surface area contributed by atoms with Crippen LogP contribution in [0.1, 0.15) is 19.3 Å². The Hall–Kier alpha value is -2.57. The average molecular weight is 301 g/mol. The number of carbonyl (C=O) groups is 2. The summed E-state index contributed by atoms with van der Waals surface area (Å²) in [6.07, 6.45) is 3.99. The van der Waals surface area contributed by atoms with Gasteiger partial charge in [0.15, 0.2) is 0 Å². The van der Waals surface area contributed by atoms with Gasteiger partial charge in [-0.25, -0.2) is 9.78 Å². The molecule has 0 atom stereocenters. The third-order valence-corrected chi connectivity index (χ3v) is 3.74. The van der Waals surface area contributed by atoms with Crippen LogP contribution in [0.4, 0.5) is 10.5 Å². The molecule has 1 aliphatic heterocycles. The molecule has 2 heterocycles. The third-order valence-electron chi connectivity index (χ3n) is 3.74. The number of hydrogen-bond acceptors (Lipinski definition) is 3. The van der Waals surface area contributed by atoms with E-state index in [9.17, 15) is 9.59 Å². The lowest BCUT2D eigenvalue weighted by molar-refractivity contribution is -0.127. The molecule has 3 N–H and O–H groups in total. The Labute approximate surface area is 128 Å². The molecule has 0 saturated carbocycles. The highest BCUT2D eigenvalue weighted by molar-refractivity contribution is 5.91. The van der Waals surface area contributed by atoms with Gasteiger partial charge in [-0.15, -0.1) is 0 Å². The molecular formula is C15H19N5O2. The summed E-state index contributed by atoms with van der Waals surface area (Å²) >= 11 is 0. The van der Waals surface area contributed by atoms with Crippen LogP contribution in [0.5, 0.6) is 0 Å². The Bertz CT molecular complexity index is 681. The molecule has 22 heavy (non-hydrogen) atoms. The predicted octanol–water partition coefficient (Wildman–Crippen LogP) is 1.70. The molecule has 3 rings (SSSR count). The molecule has 116 valence electrons. The van der Waals surface area contributed by atoms with Crippen LogP contribution in [0, 0.1) is 0 Å². The van der Waals surface area contributed by atoms with E-state index in [1.54, 1.807) is 6.33 Å². The molecule has 0 spiro atoms. The number of aromatic amines is 1. The number of nitrogens with zero attached hydrogens (tertiary/aromatic N) is 2. The summed E-state index contributed by atoms with van der Waals surface area (Å²) in [5.74, 6) is 0.220. The van der Waals surface area contributed by atoms with E-state index in [1.165, 1.54) is 0 Å². The average Bonchev–Trinajstić information content (AvgIpc) is 3.12. The van der Waals surface area contributed by atoms with Crippen molar-refractivity contribution in [1.29, 1.82) is 0 Å². The highest BCUT2D eigenvalue weighted by atomic mass is 16.2. The molecule has 0 aliphatic carbocycles. The van der Waals surface area contributed by atoms with Crippen molar-refractivity contribution in [3.05, 3.63) is 24.5 Å². The number of benzene rings is 1. The van der Waals surface area contributed by atoms with Crippen LogP contribution in [0.2, 0.25) is 0 Å². The van der Waals surface area contributed by atoms with Gasteiger partial charge < -0.3 is 20.5 Å². The van der Waals surface area contributed by atoms with Crippen LogP contribution in [0.3, 0.4) is 0 Å². The van der Waals surface area contributed by atoms with Crippen molar-refractivity contribution in [2.75, 3.05) is 25.0 Å². The van der Waals surface area contributed by atoms with Gasteiger partial charge in [-0.3, -0.25) is 4.79 Å². The van der Waals surface area contributed by atoms with Crippen LogP contribution in [0.15, 0.2) is 24.5 Å². The number of nitrogens with one attached hydrogen (secondary N) is 3. The lowest BCUT2D eigenvalue weighted by Crippen LogP contribution is -2.33. The second-order valence-corrected chi connectivity index (χ2v) is 5.35. The summed E-state index contributed by atoms with van der Waals surface area (Å²) in [5.41, 5.74) is 2.45. The number of carbonyl (C=O) groups excluding carboxylic acids is 2. The van der Waals surface area contributed by atoms with Gasteiger partial charge in [-0.05, 0) is 31.0 Å². The number of urea groups is 1. The Morgan fingerprint density at radius 2 is 2.32 bits per heavy atom. The van der Waals surface area contributed by atoms with Crippen molar-refractivity contribution in [3.63, 3.8) is 0 Å². The van der Waals surface area contributed by atoms with Crippen molar-refractivity contribution < 1.29 is 9.59 Å². The summed E-state index contributed by atoms with van der Waals surface area (Å²) in [5, 5.41) is 5.58. The molecule has 2 aromatic rings. The summed E-state index contributed by atoms with van der Waals surface area (Å²) < 4.78 is 0. The number of likely N-dealkylation sites (tertiary alicyclic amines) is 1. The van der Waals surface area contributed by atoms with Crippen molar-refractivity contribution >= 4 is 28.7 Å². The molecule has 0 unspecified atom stereocenters. The molecule has 1 aromatic carbocycles. The topological polar surface area (TPSA) is 90.1 Å². The number of H-pyrrole nitrogens is 1. The quantitative estimate of drug-likeness (QED) is 0.734. The molecule has 0 radical (unpaired) electrons. The fourth-order valence-electron chi connectivity index (χ4n) is 2.60. The lowest BCUT2D eigenvalue weighted by Gasteiger charge is -2.15. The fraction of sp³-hybridized carbons (Fsp3) is 0.400. The van der Waals surface area contributed by atoms with Gasteiger partial charge in [0, 0.05) is 31.7 Å². The first-order valence-electron chi connectivity index (χ1n) is 7.48. The van der Waals surface area contributed by atoms with E-state index in [2.05, 4.69) is 20.6 Å². The van der Waals surface area contributed by atoms with E-state index >= 15 is 0 Å². The summed E-state index contributed by atoms with van der Waals surface area (Å²) in [4.78, 5) is 32.2. The number of anilines is 1. The smallest absolute Gasteiger partial charge is 0.319 e. The summed E-state index contributed by atoms with van der Waals surface area (Å²) in [6.45, 7) is 2.09. The minimum absolute atomic E-state index is 0.220. The normalized spacial score (nSPS) is 14.5. The largest absolute Gasteiger partial charge is 0.345 e. The first-order valence-corrected chi connectivity index (χ1v) is 7.48. The summed E-state index contributed by atoms with van der Waals surface area (Å²) in [6, 6.07) is 5.25. The zero-order valence-electron chi connectivity index (χ0n) is 12.3. The highest BCUT2D eigenvalue weighted by Gasteiger charge is 2.18. The lowest BCUT2D eigenvalue weighted by atomic mass is 10.3. The van der Waals surface area contributed by atoms with E-state index in [-0.39, 0.29) is 11.9 Å². The van der Waals surface area contributed by atoms with Gasteiger partial charge in [0.2, 0.25) is 5.91 Å². The predicted molar refractivity (Wildman–Crippen MR) is 83.5 cm³/mol. The molecule has 0 bridgehead atoms. The zero-order valence-corrected chi connectivity index (χ0v) is 12.3. The highest BCUT2D eigenvalue weighted by Crippen LogP contribution is 2.15. The van der Waals surface area contributed by atoms with Gasteiger partial charge in [0.05, 0.1) is 17.4 Å². The minimum atomic E-state index is -0.244. The Kier molecular flexibility index (Phi) is 4.22. The molecule has 7 nitrogen and oxygen atoms in total. The minimum Gasteiger partial charge on any atom is -0.345 e. The van der Waals surface area contributed by atoms with Crippen LogP contribution >= 0.6 is 0 Å². The molecule has 1 saturated heterocycles. The van der Waals surface area contributed by atoms with E-state index in [0.717, 1.165) is 30.4 Å². The van der Waals surface area contributed by atoms with Gasteiger partial charge >= 0.3 is 6.03 Å². The number of hydrogen-bond donors (Lipinski definition) is 3.